The van der Waals surface area contributed by atoms with Crippen LogP contribution in [0.15, 0.2) is 18.3 Å². The average Bonchev–Trinajstić information content (AvgIpc) is 2.97. The highest BCUT2D eigenvalue weighted by molar-refractivity contribution is 5.47. The summed E-state index contributed by atoms with van der Waals surface area (Å²) in [5.74, 6) is 1.52. The van der Waals surface area contributed by atoms with Gasteiger partial charge in [-0.2, -0.15) is 0 Å². The average molecular weight is 230 g/mol. The number of fused-ring (bicyclic) bond motifs is 1. The Morgan fingerprint density at radius 2 is 1.94 bits per heavy atom. The minimum Gasteiger partial charge on any atom is -0.355 e. The molecule has 0 N–H and O–H groups in total. The monoisotopic (exact) mass is 230 g/mol. The normalized spacial score (nSPS) is 16.3. The molecule has 0 aliphatic carbocycles. The van der Waals surface area contributed by atoms with E-state index in [-0.39, 0.29) is 0 Å². The molecule has 0 saturated carbocycles. The second-order valence-electron chi connectivity index (χ2n) is 5.01. The zero-order valence-electron chi connectivity index (χ0n) is 10.4. The Labute approximate surface area is 101 Å². The summed E-state index contributed by atoms with van der Waals surface area (Å²) in [6.45, 7) is 6.57. The largest absolute Gasteiger partial charge is 0.355 e. The molecule has 4 heteroatoms. The van der Waals surface area contributed by atoms with Crippen molar-refractivity contribution in [3.8, 4) is 0 Å². The number of rotatable bonds is 2. The van der Waals surface area contributed by atoms with Gasteiger partial charge >= 0.3 is 0 Å². The maximum atomic E-state index is 4.64. The summed E-state index contributed by atoms with van der Waals surface area (Å²) >= 11 is 0. The van der Waals surface area contributed by atoms with E-state index in [2.05, 4.69) is 41.0 Å². The van der Waals surface area contributed by atoms with Gasteiger partial charge in [-0.15, -0.1) is 5.10 Å². The summed E-state index contributed by atoms with van der Waals surface area (Å²) in [5.41, 5.74) is 2.05. The van der Waals surface area contributed by atoms with Crippen molar-refractivity contribution < 1.29 is 0 Å². The van der Waals surface area contributed by atoms with Crippen LogP contribution in [-0.4, -0.2) is 27.7 Å². The molecule has 1 aliphatic rings. The van der Waals surface area contributed by atoms with Crippen molar-refractivity contribution in [2.45, 2.75) is 32.6 Å². The molecule has 0 aromatic carbocycles. The SMILES string of the molecule is CC(C)c1cn2nc(N3CCCC3)ccc2n1. The Morgan fingerprint density at radius 1 is 1.18 bits per heavy atom. The maximum Gasteiger partial charge on any atom is 0.153 e. The number of hydrogen-bond donors (Lipinski definition) is 0. The zero-order valence-corrected chi connectivity index (χ0v) is 10.4. The van der Waals surface area contributed by atoms with E-state index < -0.39 is 0 Å². The first-order valence-electron chi connectivity index (χ1n) is 6.35. The molecular weight excluding hydrogens is 212 g/mol. The van der Waals surface area contributed by atoms with Gasteiger partial charge in [0.2, 0.25) is 0 Å². The second-order valence-corrected chi connectivity index (χ2v) is 5.01. The first-order valence-corrected chi connectivity index (χ1v) is 6.35. The predicted molar refractivity (Wildman–Crippen MR) is 68.5 cm³/mol. The number of aromatic nitrogens is 3. The minimum absolute atomic E-state index is 0.451. The Balaban J connectivity index is 2.00. The van der Waals surface area contributed by atoms with Crippen LogP contribution in [0.25, 0.3) is 5.65 Å². The lowest BCUT2D eigenvalue weighted by atomic mass is 10.2. The number of nitrogens with zero attached hydrogens (tertiary/aromatic N) is 4. The number of hydrogen-bond acceptors (Lipinski definition) is 3. The van der Waals surface area contributed by atoms with E-state index >= 15 is 0 Å². The van der Waals surface area contributed by atoms with Crippen LogP contribution >= 0.6 is 0 Å². The Hall–Kier alpha value is -1.58. The van der Waals surface area contributed by atoms with Gasteiger partial charge in [-0.25, -0.2) is 9.50 Å². The van der Waals surface area contributed by atoms with Crippen molar-refractivity contribution >= 4 is 11.5 Å². The van der Waals surface area contributed by atoms with Crippen LogP contribution in [0.2, 0.25) is 0 Å². The van der Waals surface area contributed by atoms with Gasteiger partial charge in [0, 0.05) is 13.1 Å². The molecule has 1 fully saturated rings. The van der Waals surface area contributed by atoms with Crippen molar-refractivity contribution in [2.24, 2.45) is 0 Å². The third-order valence-corrected chi connectivity index (χ3v) is 3.35. The zero-order chi connectivity index (χ0) is 11.8. The molecule has 1 saturated heterocycles. The van der Waals surface area contributed by atoms with Crippen molar-refractivity contribution in [1.82, 2.24) is 14.6 Å². The molecule has 0 bridgehead atoms. The highest BCUT2D eigenvalue weighted by Gasteiger charge is 2.14. The fourth-order valence-electron chi connectivity index (χ4n) is 2.28. The highest BCUT2D eigenvalue weighted by Crippen LogP contribution is 2.19. The van der Waals surface area contributed by atoms with Gasteiger partial charge in [-0.1, -0.05) is 13.8 Å². The summed E-state index contributed by atoms with van der Waals surface area (Å²) in [5, 5.41) is 4.64. The van der Waals surface area contributed by atoms with Gasteiger partial charge in [0.25, 0.3) is 0 Å². The van der Waals surface area contributed by atoms with Crippen molar-refractivity contribution in [3.63, 3.8) is 0 Å². The Bertz CT molecular complexity index is 523. The van der Waals surface area contributed by atoms with Crippen LogP contribution in [0.3, 0.4) is 0 Å². The summed E-state index contributed by atoms with van der Waals surface area (Å²) in [6, 6.07) is 4.14. The standard InChI is InChI=1S/C13H18N4/c1-10(2)11-9-17-12(14-11)5-6-13(15-17)16-7-3-4-8-16/h5-6,9-10H,3-4,7-8H2,1-2H3. The van der Waals surface area contributed by atoms with Crippen LogP contribution in [0.5, 0.6) is 0 Å². The van der Waals surface area contributed by atoms with E-state index in [0.29, 0.717) is 5.92 Å². The van der Waals surface area contributed by atoms with Gasteiger partial charge in [-0.3, -0.25) is 0 Å². The lowest BCUT2D eigenvalue weighted by Gasteiger charge is -2.15. The fraction of sp³-hybridized carbons (Fsp3) is 0.538. The summed E-state index contributed by atoms with van der Waals surface area (Å²) in [6.07, 6.45) is 4.60. The van der Waals surface area contributed by atoms with E-state index in [9.17, 15) is 0 Å². The summed E-state index contributed by atoms with van der Waals surface area (Å²) in [4.78, 5) is 6.90. The van der Waals surface area contributed by atoms with Crippen LogP contribution in [-0.2, 0) is 0 Å². The van der Waals surface area contributed by atoms with Crippen molar-refractivity contribution in [1.29, 1.82) is 0 Å². The lowest BCUT2D eigenvalue weighted by molar-refractivity contribution is 0.825. The molecule has 0 atom stereocenters. The van der Waals surface area contributed by atoms with Crippen molar-refractivity contribution in [3.05, 3.63) is 24.0 Å². The van der Waals surface area contributed by atoms with E-state index in [0.717, 1.165) is 30.2 Å². The molecule has 3 rings (SSSR count). The summed E-state index contributed by atoms with van der Waals surface area (Å²) < 4.78 is 1.91. The quantitative estimate of drug-likeness (QED) is 0.794. The van der Waals surface area contributed by atoms with Gasteiger partial charge < -0.3 is 4.90 Å². The van der Waals surface area contributed by atoms with Gasteiger partial charge in [-0.05, 0) is 30.9 Å². The third-order valence-electron chi connectivity index (χ3n) is 3.35. The van der Waals surface area contributed by atoms with Crippen molar-refractivity contribution in [2.75, 3.05) is 18.0 Å². The van der Waals surface area contributed by atoms with Gasteiger partial charge in [0.05, 0.1) is 11.9 Å². The van der Waals surface area contributed by atoms with E-state index in [1.54, 1.807) is 0 Å². The smallest absolute Gasteiger partial charge is 0.153 e. The maximum absolute atomic E-state index is 4.64. The van der Waals surface area contributed by atoms with Crippen LogP contribution in [0, 0.1) is 0 Å². The van der Waals surface area contributed by atoms with Gasteiger partial charge in [0.15, 0.2) is 5.65 Å². The third kappa shape index (κ3) is 1.88. The predicted octanol–water partition coefficient (Wildman–Crippen LogP) is 2.45. The first kappa shape index (κ1) is 10.6. The van der Waals surface area contributed by atoms with E-state index in [1.807, 2.05) is 10.7 Å². The molecule has 90 valence electrons. The minimum atomic E-state index is 0.451. The lowest BCUT2D eigenvalue weighted by Crippen LogP contribution is -2.19. The van der Waals surface area contributed by atoms with Crippen LogP contribution in [0.4, 0.5) is 5.82 Å². The Morgan fingerprint density at radius 3 is 2.65 bits per heavy atom. The highest BCUT2D eigenvalue weighted by atomic mass is 15.3. The molecule has 2 aromatic rings. The topological polar surface area (TPSA) is 33.4 Å². The molecule has 2 aromatic heterocycles. The van der Waals surface area contributed by atoms with Gasteiger partial charge in [0.1, 0.15) is 5.82 Å². The number of anilines is 1. The first-order chi connectivity index (χ1) is 8.24. The van der Waals surface area contributed by atoms with E-state index in [4.69, 9.17) is 0 Å². The molecule has 4 nitrogen and oxygen atoms in total. The fourth-order valence-corrected chi connectivity index (χ4v) is 2.28. The van der Waals surface area contributed by atoms with E-state index in [1.165, 1.54) is 12.8 Å². The molecular formula is C13H18N4. The van der Waals surface area contributed by atoms with Crippen LogP contribution < -0.4 is 4.90 Å². The molecule has 3 heterocycles. The van der Waals surface area contributed by atoms with Crippen LogP contribution in [0.1, 0.15) is 38.3 Å². The molecule has 0 radical (unpaired) electrons. The molecule has 1 aliphatic heterocycles. The second kappa shape index (κ2) is 4.02. The molecule has 17 heavy (non-hydrogen) atoms. The molecule has 0 spiro atoms. The number of imidazole rings is 1. The molecule has 0 amide bonds. The summed E-state index contributed by atoms with van der Waals surface area (Å²) in [7, 11) is 0. The molecule has 0 unspecified atom stereocenters. The Kier molecular flexibility index (Phi) is 2.50.